The molecule has 0 radical (unpaired) electrons. The minimum absolute atomic E-state index is 0.0220. The second-order valence-electron chi connectivity index (χ2n) is 3.15. The summed E-state index contributed by atoms with van der Waals surface area (Å²) in [6, 6.07) is 0.0332. The summed E-state index contributed by atoms with van der Waals surface area (Å²) >= 11 is 0. The van der Waals surface area contributed by atoms with Crippen molar-refractivity contribution in [3.63, 3.8) is 0 Å². The third-order valence-corrected chi connectivity index (χ3v) is 2.32. The number of rotatable bonds is 0. The molecule has 4 atom stereocenters. The summed E-state index contributed by atoms with van der Waals surface area (Å²) in [6.45, 7) is 0.693. The summed E-state index contributed by atoms with van der Waals surface area (Å²) in [4.78, 5) is 0. The maximum atomic E-state index is 9.12. The van der Waals surface area contributed by atoms with Crippen molar-refractivity contribution in [3.05, 3.63) is 0 Å². The van der Waals surface area contributed by atoms with Gasteiger partial charge >= 0.3 is 0 Å². The Balaban J connectivity index is 2.03. The third kappa shape index (κ3) is 1.27. The fourth-order valence-electron chi connectivity index (χ4n) is 1.72. The highest BCUT2D eigenvalue weighted by atomic mass is 16.6. The van der Waals surface area contributed by atoms with Crippen molar-refractivity contribution in [3.8, 4) is 0 Å². The maximum Gasteiger partial charge on any atom is 0.157 e. The van der Waals surface area contributed by atoms with Crippen molar-refractivity contribution in [2.75, 3.05) is 6.61 Å². The fraction of sp³-hybridized carbons (Fsp3) is 1.00. The Morgan fingerprint density at radius 3 is 3.00 bits per heavy atom. The lowest BCUT2D eigenvalue weighted by molar-refractivity contribution is -0.118. The summed E-state index contributed by atoms with van der Waals surface area (Å²) in [6.07, 6.45) is 0.661. The van der Waals surface area contributed by atoms with Crippen molar-refractivity contribution in [1.82, 2.24) is 0 Å². The predicted octanol–water partition coefficient (Wildman–Crippen LogP) is -0.790. The second-order valence-corrected chi connectivity index (χ2v) is 3.15. The first kappa shape index (κ1) is 7.49. The van der Waals surface area contributed by atoms with Gasteiger partial charge in [0.2, 0.25) is 0 Å². The Morgan fingerprint density at radius 2 is 2.27 bits per heavy atom. The number of hydrogen-bond acceptors (Lipinski definition) is 4. The van der Waals surface area contributed by atoms with Crippen LogP contribution in [0.3, 0.4) is 0 Å². The van der Waals surface area contributed by atoms with E-state index in [0.717, 1.165) is 6.42 Å². The molecule has 0 bridgehead atoms. The molecule has 2 rings (SSSR count). The van der Waals surface area contributed by atoms with Gasteiger partial charge in [0.1, 0.15) is 6.10 Å². The van der Waals surface area contributed by atoms with Crippen LogP contribution in [0.5, 0.6) is 0 Å². The lowest BCUT2D eigenvalue weighted by Gasteiger charge is -2.29. The van der Waals surface area contributed by atoms with Gasteiger partial charge in [-0.05, 0) is 6.42 Å². The van der Waals surface area contributed by atoms with Gasteiger partial charge in [-0.3, -0.25) is 0 Å². The Kier molecular flexibility index (Phi) is 1.85. The second kappa shape index (κ2) is 2.71. The van der Waals surface area contributed by atoms with E-state index in [4.69, 9.17) is 20.3 Å². The number of ether oxygens (including phenoxy) is 2. The third-order valence-electron chi connectivity index (χ3n) is 2.32. The molecule has 0 aromatic rings. The summed E-state index contributed by atoms with van der Waals surface area (Å²) in [5, 5.41) is 9.12. The highest BCUT2D eigenvalue weighted by Gasteiger charge is 2.41. The van der Waals surface area contributed by atoms with Crippen LogP contribution in [0, 0.1) is 0 Å². The van der Waals surface area contributed by atoms with E-state index in [1.165, 1.54) is 0 Å². The normalized spacial score (nSPS) is 50.7. The van der Waals surface area contributed by atoms with E-state index in [1.54, 1.807) is 0 Å². The van der Waals surface area contributed by atoms with E-state index in [0.29, 0.717) is 13.0 Å². The molecule has 0 amide bonds. The van der Waals surface area contributed by atoms with Gasteiger partial charge in [-0.25, -0.2) is 0 Å². The van der Waals surface area contributed by atoms with Crippen LogP contribution in [-0.2, 0) is 9.47 Å². The lowest BCUT2D eigenvalue weighted by Crippen LogP contribution is -2.46. The Morgan fingerprint density at radius 1 is 1.45 bits per heavy atom. The molecule has 0 spiro atoms. The summed E-state index contributed by atoms with van der Waals surface area (Å²) < 4.78 is 10.6. The first-order chi connectivity index (χ1) is 5.27. The van der Waals surface area contributed by atoms with Crippen molar-refractivity contribution in [1.29, 1.82) is 0 Å². The van der Waals surface area contributed by atoms with E-state index >= 15 is 0 Å². The van der Waals surface area contributed by atoms with Gasteiger partial charge < -0.3 is 20.3 Å². The minimum Gasteiger partial charge on any atom is -0.375 e. The predicted molar refractivity (Wildman–Crippen MR) is 37.8 cm³/mol. The zero-order chi connectivity index (χ0) is 7.84. The van der Waals surface area contributed by atoms with E-state index in [2.05, 4.69) is 0 Å². The first-order valence-electron chi connectivity index (χ1n) is 3.98. The zero-order valence-electron chi connectivity index (χ0n) is 6.27. The summed E-state index contributed by atoms with van der Waals surface area (Å²) in [7, 11) is 0. The topological polar surface area (TPSA) is 64.7 Å². The van der Waals surface area contributed by atoms with E-state index in [9.17, 15) is 0 Å². The van der Waals surface area contributed by atoms with Crippen LogP contribution in [0.4, 0.5) is 0 Å². The van der Waals surface area contributed by atoms with E-state index < -0.39 is 6.29 Å². The molecular formula is C7H13NO3. The smallest absolute Gasteiger partial charge is 0.157 e. The molecule has 64 valence electrons. The van der Waals surface area contributed by atoms with Crippen molar-refractivity contribution in [2.45, 2.75) is 37.4 Å². The molecule has 2 heterocycles. The maximum absolute atomic E-state index is 9.12. The molecule has 2 fully saturated rings. The number of aliphatic hydroxyl groups excluding tert-OH is 1. The summed E-state index contributed by atoms with van der Waals surface area (Å²) in [5.74, 6) is 0. The first-order valence-corrected chi connectivity index (χ1v) is 3.98. The highest BCUT2D eigenvalue weighted by Crippen LogP contribution is 2.27. The zero-order valence-corrected chi connectivity index (χ0v) is 6.27. The van der Waals surface area contributed by atoms with Crippen LogP contribution in [-0.4, -0.2) is 36.3 Å². The number of nitrogens with two attached hydrogens (primary N) is 1. The van der Waals surface area contributed by atoms with Gasteiger partial charge in [0.15, 0.2) is 6.29 Å². The number of fused-ring (bicyclic) bond motifs is 1. The Bertz CT molecular complexity index is 153. The molecule has 0 aliphatic carbocycles. The van der Waals surface area contributed by atoms with Crippen molar-refractivity contribution >= 4 is 0 Å². The van der Waals surface area contributed by atoms with Gasteiger partial charge in [0, 0.05) is 19.1 Å². The molecule has 4 unspecified atom stereocenters. The molecule has 0 aromatic carbocycles. The molecule has 0 aromatic heterocycles. The molecule has 2 aliphatic rings. The minimum atomic E-state index is -0.672. The average molecular weight is 159 g/mol. The number of hydrogen-bond donors (Lipinski definition) is 2. The van der Waals surface area contributed by atoms with Gasteiger partial charge in [0.25, 0.3) is 0 Å². The molecule has 2 aliphatic heterocycles. The molecule has 0 saturated carbocycles. The van der Waals surface area contributed by atoms with Crippen molar-refractivity contribution in [2.24, 2.45) is 5.73 Å². The van der Waals surface area contributed by atoms with E-state index in [1.807, 2.05) is 0 Å². The van der Waals surface area contributed by atoms with Crippen LogP contribution in [0.15, 0.2) is 0 Å². The Hall–Kier alpha value is -0.160. The quantitative estimate of drug-likeness (QED) is 0.486. The van der Waals surface area contributed by atoms with Crippen molar-refractivity contribution < 1.29 is 14.6 Å². The largest absolute Gasteiger partial charge is 0.375 e. The summed E-state index contributed by atoms with van der Waals surface area (Å²) in [5.41, 5.74) is 5.77. The SMILES string of the molecule is NC1CCOC2CC(O)OC12. The molecule has 4 heteroatoms. The van der Waals surface area contributed by atoms with Crippen LogP contribution in [0.2, 0.25) is 0 Å². The van der Waals surface area contributed by atoms with Crippen LogP contribution in [0.25, 0.3) is 0 Å². The molecule has 3 N–H and O–H groups in total. The van der Waals surface area contributed by atoms with Gasteiger partial charge in [-0.2, -0.15) is 0 Å². The monoisotopic (exact) mass is 159 g/mol. The average Bonchev–Trinajstić information content (AvgIpc) is 2.31. The van der Waals surface area contributed by atoms with E-state index in [-0.39, 0.29) is 18.2 Å². The van der Waals surface area contributed by atoms with Crippen LogP contribution >= 0.6 is 0 Å². The van der Waals surface area contributed by atoms with Gasteiger partial charge in [0.05, 0.1) is 6.10 Å². The molecule has 2 saturated heterocycles. The molecule has 11 heavy (non-hydrogen) atoms. The lowest BCUT2D eigenvalue weighted by atomic mass is 10.0. The van der Waals surface area contributed by atoms with Crippen LogP contribution in [0.1, 0.15) is 12.8 Å². The fourth-order valence-corrected chi connectivity index (χ4v) is 1.72. The highest BCUT2D eigenvalue weighted by molar-refractivity contribution is 4.90. The Labute approximate surface area is 65.3 Å². The van der Waals surface area contributed by atoms with Gasteiger partial charge in [-0.1, -0.05) is 0 Å². The van der Waals surface area contributed by atoms with Crippen LogP contribution < -0.4 is 5.73 Å². The molecular weight excluding hydrogens is 146 g/mol. The van der Waals surface area contributed by atoms with Gasteiger partial charge in [-0.15, -0.1) is 0 Å². The standard InChI is InChI=1S/C7H13NO3/c8-4-1-2-10-5-3-6(9)11-7(4)5/h4-7,9H,1-3,8H2. The number of aliphatic hydroxyl groups is 1. The molecule has 4 nitrogen and oxygen atoms in total.